The molecule has 1 amide bonds. The molecule has 0 aliphatic carbocycles. The molecule has 8 heteroatoms. The van der Waals surface area contributed by atoms with Crippen molar-refractivity contribution in [3.63, 3.8) is 0 Å². The van der Waals surface area contributed by atoms with E-state index in [1.165, 1.54) is 0 Å². The number of ether oxygens (including phenoxy) is 2. The Morgan fingerprint density at radius 1 is 1.11 bits per heavy atom. The fraction of sp³-hybridized carbons (Fsp3) is 0.450. The third-order valence-electron chi connectivity index (χ3n) is 5.14. The van der Waals surface area contributed by atoms with Gasteiger partial charge in [-0.15, -0.1) is 0 Å². The van der Waals surface area contributed by atoms with Gasteiger partial charge in [-0.05, 0) is 30.3 Å². The number of hydrogen-bond donors (Lipinski definition) is 1. The standard InChI is InChI=1S/C20H25N5O3/c1-24(2)16-5-3-15(4-6-16)22-19-21-10-7-17(23-19)18(26)25-11-8-20(9-12-25)27-13-14-28-20/h3-7,10H,8-9,11-14H2,1-2H3,(H,21,22,23). The van der Waals surface area contributed by atoms with Gasteiger partial charge >= 0.3 is 0 Å². The Labute approximate surface area is 164 Å². The number of rotatable bonds is 4. The fourth-order valence-corrected chi connectivity index (χ4v) is 3.51. The Morgan fingerprint density at radius 3 is 2.43 bits per heavy atom. The Bertz CT molecular complexity index is 824. The van der Waals surface area contributed by atoms with E-state index in [-0.39, 0.29) is 5.91 Å². The van der Waals surface area contributed by atoms with E-state index in [2.05, 4.69) is 15.3 Å². The normalized spacial score (nSPS) is 18.3. The van der Waals surface area contributed by atoms with Crippen molar-refractivity contribution in [1.29, 1.82) is 0 Å². The molecule has 0 bridgehead atoms. The second kappa shape index (κ2) is 7.73. The maximum atomic E-state index is 12.8. The van der Waals surface area contributed by atoms with Crippen LogP contribution in [0.15, 0.2) is 36.5 Å². The van der Waals surface area contributed by atoms with Crippen molar-refractivity contribution in [2.75, 3.05) is 50.6 Å². The molecule has 3 heterocycles. The van der Waals surface area contributed by atoms with Gasteiger partial charge < -0.3 is 24.6 Å². The van der Waals surface area contributed by atoms with Crippen LogP contribution in [0, 0.1) is 0 Å². The molecule has 1 N–H and O–H groups in total. The highest BCUT2D eigenvalue weighted by Gasteiger charge is 2.41. The van der Waals surface area contributed by atoms with Gasteiger partial charge in [0.05, 0.1) is 13.2 Å². The molecule has 1 aromatic carbocycles. The molecule has 1 spiro atoms. The maximum absolute atomic E-state index is 12.8. The molecule has 0 radical (unpaired) electrons. The van der Waals surface area contributed by atoms with Crippen LogP contribution in [0.3, 0.4) is 0 Å². The summed E-state index contributed by atoms with van der Waals surface area (Å²) in [6.07, 6.45) is 2.98. The largest absolute Gasteiger partial charge is 0.378 e. The first-order valence-corrected chi connectivity index (χ1v) is 9.49. The van der Waals surface area contributed by atoms with Crippen LogP contribution >= 0.6 is 0 Å². The van der Waals surface area contributed by atoms with Crippen LogP contribution in [0.25, 0.3) is 0 Å². The van der Waals surface area contributed by atoms with E-state index < -0.39 is 5.79 Å². The van der Waals surface area contributed by atoms with Crippen molar-refractivity contribution in [2.24, 2.45) is 0 Å². The molecule has 2 aliphatic rings. The van der Waals surface area contributed by atoms with E-state index in [4.69, 9.17) is 9.47 Å². The second-order valence-corrected chi connectivity index (χ2v) is 7.23. The zero-order valence-corrected chi connectivity index (χ0v) is 16.2. The molecule has 2 fully saturated rings. The van der Waals surface area contributed by atoms with Crippen LogP contribution in [0.5, 0.6) is 0 Å². The van der Waals surface area contributed by atoms with Crippen LogP contribution in [-0.2, 0) is 9.47 Å². The minimum absolute atomic E-state index is 0.0961. The Morgan fingerprint density at radius 2 is 1.79 bits per heavy atom. The predicted molar refractivity (Wildman–Crippen MR) is 106 cm³/mol. The molecular formula is C20H25N5O3. The average molecular weight is 383 g/mol. The summed E-state index contributed by atoms with van der Waals surface area (Å²) >= 11 is 0. The Kier molecular flexibility index (Phi) is 5.15. The smallest absolute Gasteiger partial charge is 0.272 e. The summed E-state index contributed by atoms with van der Waals surface area (Å²) in [6, 6.07) is 9.58. The molecule has 28 heavy (non-hydrogen) atoms. The van der Waals surface area contributed by atoms with Crippen molar-refractivity contribution in [1.82, 2.24) is 14.9 Å². The minimum Gasteiger partial charge on any atom is -0.378 e. The van der Waals surface area contributed by atoms with Gasteiger partial charge in [-0.2, -0.15) is 0 Å². The first-order chi connectivity index (χ1) is 13.5. The van der Waals surface area contributed by atoms with Gasteiger partial charge in [-0.25, -0.2) is 9.97 Å². The zero-order valence-electron chi connectivity index (χ0n) is 16.2. The monoisotopic (exact) mass is 383 g/mol. The summed E-state index contributed by atoms with van der Waals surface area (Å²) in [5, 5.41) is 3.16. The zero-order chi connectivity index (χ0) is 19.6. The van der Waals surface area contributed by atoms with Crippen LogP contribution in [0.1, 0.15) is 23.3 Å². The van der Waals surface area contributed by atoms with E-state index in [0.29, 0.717) is 50.8 Å². The summed E-state index contributed by atoms with van der Waals surface area (Å²) < 4.78 is 11.4. The summed E-state index contributed by atoms with van der Waals surface area (Å²) in [6.45, 7) is 2.45. The molecule has 1 aromatic heterocycles. The number of likely N-dealkylation sites (tertiary alicyclic amines) is 1. The molecule has 4 rings (SSSR count). The highest BCUT2D eigenvalue weighted by molar-refractivity contribution is 5.92. The summed E-state index contributed by atoms with van der Waals surface area (Å²) in [5.41, 5.74) is 2.35. The Hall–Kier alpha value is -2.71. The van der Waals surface area contributed by atoms with Crippen molar-refractivity contribution in [3.05, 3.63) is 42.2 Å². The van der Waals surface area contributed by atoms with Gasteiger partial charge in [0, 0.05) is 57.6 Å². The first-order valence-electron chi connectivity index (χ1n) is 9.49. The van der Waals surface area contributed by atoms with Crippen LogP contribution in [-0.4, -0.2) is 67.0 Å². The molecule has 2 aliphatic heterocycles. The number of anilines is 3. The number of hydrogen-bond acceptors (Lipinski definition) is 7. The predicted octanol–water partition coefficient (Wildman–Crippen LogP) is 2.27. The van der Waals surface area contributed by atoms with Crippen molar-refractivity contribution < 1.29 is 14.3 Å². The number of carbonyl (C=O) groups is 1. The average Bonchev–Trinajstić information content (AvgIpc) is 3.16. The van der Waals surface area contributed by atoms with Gasteiger partial charge in [0.25, 0.3) is 5.91 Å². The van der Waals surface area contributed by atoms with Gasteiger partial charge in [0.2, 0.25) is 5.95 Å². The van der Waals surface area contributed by atoms with E-state index in [9.17, 15) is 4.79 Å². The lowest BCUT2D eigenvalue weighted by Gasteiger charge is -2.37. The highest BCUT2D eigenvalue weighted by atomic mass is 16.7. The minimum atomic E-state index is -0.492. The number of nitrogens with zero attached hydrogens (tertiary/aromatic N) is 4. The third-order valence-corrected chi connectivity index (χ3v) is 5.14. The number of piperidine rings is 1. The highest BCUT2D eigenvalue weighted by Crippen LogP contribution is 2.31. The lowest BCUT2D eigenvalue weighted by Crippen LogP contribution is -2.47. The van der Waals surface area contributed by atoms with Gasteiger partial charge in [-0.1, -0.05) is 0 Å². The molecule has 2 saturated heterocycles. The fourth-order valence-electron chi connectivity index (χ4n) is 3.51. The van der Waals surface area contributed by atoms with E-state index in [1.807, 2.05) is 43.3 Å². The molecule has 148 valence electrons. The third kappa shape index (κ3) is 3.93. The lowest BCUT2D eigenvalue weighted by molar-refractivity contribution is -0.181. The molecule has 0 atom stereocenters. The van der Waals surface area contributed by atoms with E-state index >= 15 is 0 Å². The molecular weight excluding hydrogens is 358 g/mol. The summed E-state index contributed by atoms with van der Waals surface area (Å²) in [4.78, 5) is 25.3. The lowest BCUT2D eigenvalue weighted by atomic mass is 10.0. The van der Waals surface area contributed by atoms with Gasteiger partial charge in [0.1, 0.15) is 5.69 Å². The number of benzene rings is 1. The van der Waals surface area contributed by atoms with Crippen molar-refractivity contribution >= 4 is 23.2 Å². The van der Waals surface area contributed by atoms with Gasteiger partial charge in [-0.3, -0.25) is 4.79 Å². The molecule has 2 aromatic rings. The first kappa shape index (κ1) is 18.6. The van der Waals surface area contributed by atoms with Crippen LogP contribution < -0.4 is 10.2 Å². The number of nitrogens with one attached hydrogen (secondary N) is 1. The van der Waals surface area contributed by atoms with E-state index in [1.54, 1.807) is 17.2 Å². The van der Waals surface area contributed by atoms with Crippen molar-refractivity contribution in [3.8, 4) is 0 Å². The SMILES string of the molecule is CN(C)c1ccc(Nc2nccc(C(=O)N3CCC4(CC3)OCCO4)n2)cc1. The molecule has 0 unspecified atom stereocenters. The Balaban J connectivity index is 1.41. The summed E-state index contributed by atoms with van der Waals surface area (Å²) in [5.74, 6) is -0.186. The van der Waals surface area contributed by atoms with Gasteiger partial charge in [0.15, 0.2) is 5.79 Å². The second-order valence-electron chi connectivity index (χ2n) is 7.23. The van der Waals surface area contributed by atoms with Crippen LogP contribution in [0.4, 0.5) is 17.3 Å². The van der Waals surface area contributed by atoms with Crippen LogP contribution in [0.2, 0.25) is 0 Å². The topological polar surface area (TPSA) is 79.8 Å². The number of aromatic nitrogens is 2. The number of amides is 1. The summed E-state index contributed by atoms with van der Waals surface area (Å²) in [7, 11) is 3.99. The van der Waals surface area contributed by atoms with E-state index in [0.717, 1.165) is 11.4 Å². The molecule has 0 saturated carbocycles. The quantitative estimate of drug-likeness (QED) is 0.867. The number of carbonyl (C=O) groups excluding carboxylic acids is 1. The van der Waals surface area contributed by atoms with Crippen molar-refractivity contribution in [2.45, 2.75) is 18.6 Å². The maximum Gasteiger partial charge on any atom is 0.272 e. The molecule has 8 nitrogen and oxygen atoms in total.